The second-order valence-electron chi connectivity index (χ2n) is 7.05. The summed E-state index contributed by atoms with van der Waals surface area (Å²) in [5.41, 5.74) is -3.51. The minimum absolute atomic E-state index is 0.0550. The number of nitrogens with one attached hydrogen (secondary N) is 1. The maximum absolute atomic E-state index is 14.0. The van der Waals surface area contributed by atoms with E-state index in [9.17, 15) is 22.8 Å². The van der Waals surface area contributed by atoms with Gasteiger partial charge in [-0.2, -0.15) is 13.2 Å². The third-order valence-corrected chi connectivity index (χ3v) is 4.44. The van der Waals surface area contributed by atoms with Crippen LogP contribution in [0, 0.1) is 5.92 Å². The van der Waals surface area contributed by atoms with Crippen LogP contribution in [0.15, 0.2) is 12.2 Å². The smallest absolute Gasteiger partial charge is 0.411 e. The minimum Gasteiger partial charge on any atom is -0.466 e. The van der Waals surface area contributed by atoms with Crippen molar-refractivity contribution in [2.75, 3.05) is 13.7 Å². The first-order chi connectivity index (χ1) is 11.4. The molecule has 9 heteroatoms. The van der Waals surface area contributed by atoms with Gasteiger partial charge in [0.1, 0.15) is 11.5 Å². The number of halogens is 3. The van der Waals surface area contributed by atoms with Gasteiger partial charge in [0.05, 0.1) is 18.7 Å². The van der Waals surface area contributed by atoms with E-state index in [4.69, 9.17) is 9.47 Å². The highest BCUT2D eigenvalue weighted by Crippen LogP contribution is 2.52. The molecule has 0 unspecified atom stereocenters. The van der Waals surface area contributed by atoms with Crippen LogP contribution in [0.3, 0.4) is 0 Å². The molecule has 1 amide bonds. The van der Waals surface area contributed by atoms with E-state index in [2.05, 4.69) is 5.32 Å². The van der Waals surface area contributed by atoms with E-state index in [0.717, 1.165) is 11.9 Å². The Morgan fingerprint density at radius 3 is 2.28 bits per heavy atom. The van der Waals surface area contributed by atoms with Crippen molar-refractivity contribution in [2.45, 2.75) is 57.1 Å². The first kappa shape index (κ1) is 19.6. The van der Waals surface area contributed by atoms with Crippen molar-refractivity contribution >= 4 is 12.1 Å². The van der Waals surface area contributed by atoms with Crippen LogP contribution in [0.4, 0.5) is 18.0 Å². The largest absolute Gasteiger partial charge is 0.466 e. The first-order valence-electron chi connectivity index (χ1n) is 8.02. The van der Waals surface area contributed by atoms with Gasteiger partial charge in [0.2, 0.25) is 0 Å². The van der Waals surface area contributed by atoms with E-state index in [1.165, 1.54) is 19.1 Å². The Morgan fingerprint density at radius 1 is 1.24 bits per heavy atom. The Balaban J connectivity index is 2.50. The van der Waals surface area contributed by atoms with Crippen molar-refractivity contribution in [3.63, 3.8) is 0 Å². The van der Waals surface area contributed by atoms with Gasteiger partial charge in [0.25, 0.3) is 0 Å². The van der Waals surface area contributed by atoms with E-state index in [0.29, 0.717) is 0 Å². The maximum atomic E-state index is 14.0. The summed E-state index contributed by atoms with van der Waals surface area (Å²) in [5, 5.41) is 2.26. The molecule has 0 aromatic heterocycles. The summed E-state index contributed by atoms with van der Waals surface area (Å²) in [5.74, 6) is -2.61. The molecule has 2 aliphatic heterocycles. The highest BCUT2D eigenvalue weighted by atomic mass is 19.4. The lowest BCUT2D eigenvalue weighted by Gasteiger charge is -2.40. The fourth-order valence-corrected chi connectivity index (χ4v) is 3.58. The number of hydrogen-bond donors (Lipinski definition) is 1. The Morgan fingerprint density at radius 2 is 1.84 bits per heavy atom. The topological polar surface area (TPSA) is 67.9 Å². The summed E-state index contributed by atoms with van der Waals surface area (Å²) in [6.07, 6.45) is -2.97. The molecule has 0 aromatic carbocycles. The minimum atomic E-state index is -4.79. The van der Waals surface area contributed by atoms with Crippen molar-refractivity contribution in [2.24, 2.45) is 5.92 Å². The van der Waals surface area contributed by atoms with Gasteiger partial charge < -0.3 is 14.8 Å². The van der Waals surface area contributed by atoms with E-state index in [1.807, 2.05) is 0 Å². The van der Waals surface area contributed by atoms with Crippen LogP contribution in [0.25, 0.3) is 0 Å². The molecule has 2 heterocycles. The molecule has 6 nitrogen and oxygen atoms in total. The molecule has 0 saturated carbocycles. The summed E-state index contributed by atoms with van der Waals surface area (Å²) >= 11 is 0. The summed E-state index contributed by atoms with van der Waals surface area (Å²) in [6.45, 7) is 6.32. The number of likely N-dealkylation sites (N-methyl/N-ethyl adjacent to an activating group) is 1. The van der Waals surface area contributed by atoms with E-state index in [-0.39, 0.29) is 6.61 Å². The number of alkyl halides is 3. The van der Waals surface area contributed by atoms with E-state index in [1.54, 1.807) is 20.8 Å². The Kier molecular flexibility index (Phi) is 4.84. The lowest BCUT2D eigenvalue weighted by molar-refractivity contribution is -0.215. The van der Waals surface area contributed by atoms with Gasteiger partial charge in [-0.1, -0.05) is 12.2 Å². The van der Waals surface area contributed by atoms with Crippen molar-refractivity contribution in [3.8, 4) is 0 Å². The third kappa shape index (κ3) is 2.98. The zero-order chi connectivity index (χ0) is 19.2. The highest BCUT2D eigenvalue weighted by molar-refractivity contribution is 5.82. The zero-order valence-corrected chi connectivity index (χ0v) is 14.8. The maximum Gasteiger partial charge on any atom is 0.411 e. The standard InChI is InChI=1S/C16H23F3N2O4/c1-6-24-12(22)11-9-7-8-10(15(11,20-5)16(17,18)19)21(9)13(23)25-14(2,3)4/h7-11,20H,6H2,1-5H3/t9-,10+,11-,15+/m1/s1. The second kappa shape index (κ2) is 6.19. The highest BCUT2D eigenvalue weighted by Gasteiger charge is 2.75. The monoisotopic (exact) mass is 364 g/mol. The average Bonchev–Trinajstić information content (AvgIpc) is 2.98. The number of esters is 1. The molecule has 0 radical (unpaired) electrons. The zero-order valence-electron chi connectivity index (χ0n) is 14.8. The number of rotatable bonds is 3. The molecule has 2 bridgehead atoms. The van der Waals surface area contributed by atoms with Gasteiger partial charge in [-0.15, -0.1) is 0 Å². The first-order valence-corrected chi connectivity index (χ1v) is 8.02. The molecule has 142 valence electrons. The van der Waals surface area contributed by atoms with Gasteiger partial charge in [-0.25, -0.2) is 4.79 Å². The number of ether oxygens (including phenoxy) is 2. The number of fused-ring (bicyclic) bond motifs is 2. The van der Waals surface area contributed by atoms with E-state index >= 15 is 0 Å². The second-order valence-corrected chi connectivity index (χ2v) is 7.05. The van der Waals surface area contributed by atoms with Crippen LogP contribution in [0.1, 0.15) is 27.7 Å². The predicted octanol–water partition coefficient (Wildman–Crippen LogP) is 2.24. The lowest BCUT2D eigenvalue weighted by Crippen LogP contribution is -2.67. The SMILES string of the molecule is CCOC(=O)[C@H]1[C@H]2C=C[C@H](N2C(=O)OC(C)(C)C)[C@@]1(NC)C(F)(F)F. The molecule has 0 aliphatic carbocycles. The molecule has 1 N–H and O–H groups in total. The normalized spacial score (nSPS) is 31.4. The van der Waals surface area contributed by atoms with Crippen molar-refractivity contribution in [1.82, 2.24) is 10.2 Å². The Bertz CT molecular complexity index is 585. The number of carbonyl (C=O) groups excluding carboxylic acids is 2. The lowest BCUT2D eigenvalue weighted by atomic mass is 9.75. The number of carbonyl (C=O) groups is 2. The van der Waals surface area contributed by atoms with Gasteiger partial charge in [0, 0.05) is 0 Å². The molecule has 0 aromatic rings. The molecule has 0 spiro atoms. The van der Waals surface area contributed by atoms with Crippen LogP contribution in [0.2, 0.25) is 0 Å². The fraction of sp³-hybridized carbons (Fsp3) is 0.750. The molecule has 2 aliphatic rings. The van der Waals surface area contributed by atoms with Crippen LogP contribution >= 0.6 is 0 Å². The Hall–Kier alpha value is -1.77. The van der Waals surface area contributed by atoms with Crippen molar-refractivity contribution in [1.29, 1.82) is 0 Å². The molecule has 1 saturated heterocycles. The average molecular weight is 364 g/mol. The molecular weight excluding hydrogens is 341 g/mol. The van der Waals surface area contributed by atoms with Crippen LogP contribution in [-0.2, 0) is 14.3 Å². The summed E-state index contributed by atoms with van der Waals surface area (Å²) in [6, 6.07) is -2.49. The summed E-state index contributed by atoms with van der Waals surface area (Å²) in [4.78, 5) is 25.8. The van der Waals surface area contributed by atoms with Crippen LogP contribution in [0.5, 0.6) is 0 Å². The number of nitrogens with zero attached hydrogens (tertiary/aromatic N) is 1. The van der Waals surface area contributed by atoms with Crippen molar-refractivity contribution in [3.05, 3.63) is 12.2 Å². The molecule has 25 heavy (non-hydrogen) atoms. The number of amides is 1. The van der Waals surface area contributed by atoms with E-state index < -0.39 is 47.4 Å². The van der Waals surface area contributed by atoms with Gasteiger partial charge in [-0.3, -0.25) is 9.69 Å². The van der Waals surface area contributed by atoms with Gasteiger partial charge in [0.15, 0.2) is 5.54 Å². The number of hydrogen-bond acceptors (Lipinski definition) is 5. The van der Waals surface area contributed by atoms with Crippen molar-refractivity contribution < 1.29 is 32.2 Å². The quantitative estimate of drug-likeness (QED) is 0.615. The molecule has 1 fully saturated rings. The molecule has 4 atom stereocenters. The fourth-order valence-electron chi connectivity index (χ4n) is 3.58. The predicted molar refractivity (Wildman–Crippen MR) is 82.8 cm³/mol. The molecule has 2 rings (SSSR count). The summed E-state index contributed by atoms with van der Waals surface area (Å²) < 4.78 is 52.2. The van der Waals surface area contributed by atoms with Crippen LogP contribution in [-0.4, -0.2) is 60.0 Å². The van der Waals surface area contributed by atoms with Gasteiger partial charge >= 0.3 is 18.2 Å². The van der Waals surface area contributed by atoms with Crippen LogP contribution < -0.4 is 5.32 Å². The summed E-state index contributed by atoms with van der Waals surface area (Å²) in [7, 11) is 1.13. The van der Waals surface area contributed by atoms with Gasteiger partial charge in [-0.05, 0) is 34.7 Å². The third-order valence-electron chi connectivity index (χ3n) is 4.44. The molecular formula is C16H23F3N2O4. The Labute approximate surface area is 144 Å².